The number of aromatic nitrogens is 2. The predicted molar refractivity (Wildman–Crippen MR) is 114 cm³/mol. The van der Waals surface area contributed by atoms with E-state index in [0.29, 0.717) is 5.56 Å². The van der Waals surface area contributed by atoms with Crippen molar-refractivity contribution in [2.75, 3.05) is 0 Å². The second-order valence-corrected chi connectivity index (χ2v) is 7.80. The van der Waals surface area contributed by atoms with Crippen LogP contribution in [0.1, 0.15) is 46.9 Å². The average Bonchev–Trinajstić information content (AvgIpc) is 3.14. The van der Waals surface area contributed by atoms with Gasteiger partial charge in [-0.3, -0.25) is 4.98 Å². The number of pyridine rings is 1. The first-order chi connectivity index (χ1) is 13.7. The summed E-state index contributed by atoms with van der Waals surface area (Å²) < 4.78 is 6.81. The molecule has 0 aliphatic rings. The van der Waals surface area contributed by atoms with Gasteiger partial charge in [0.2, 0.25) is 0 Å². The van der Waals surface area contributed by atoms with E-state index in [4.69, 9.17) is 9.72 Å². The number of para-hydroxylation sites is 2. The van der Waals surface area contributed by atoms with E-state index >= 15 is 0 Å². The van der Waals surface area contributed by atoms with Crippen LogP contribution in [-0.2, 0) is 24.2 Å². The molecule has 28 heavy (non-hydrogen) atoms. The van der Waals surface area contributed by atoms with Gasteiger partial charge in [0.15, 0.2) is 0 Å². The molecule has 0 aliphatic carbocycles. The third-order valence-corrected chi connectivity index (χ3v) is 5.80. The summed E-state index contributed by atoms with van der Waals surface area (Å²) in [6.45, 7) is 4.37. The lowest BCUT2D eigenvalue weighted by Crippen LogP contribution is -2.12. The Labute approximate surface area is 168 Å². The van der Waals surface area contributed by atoms with Crippen molar-refractivity contribution >= 4 is 38.4 Å². The number of thiazole rings is 1. The van der Waals surface area contributed by atoms with Gasteiger partial charge in [0.05, 0.1) is 21.3 Å². The van der Waals surface area contributed by atoms with Crippen molar-refractivity contribution in [1.29, 1.82) is 0 Å². The molecule has 4 aromatic rings. The van der Waals surface area contributed by atoms with Crippen molar-refractivity contribution in [3.63, 3.8) is 0 Å². The molecular weight excluding hydrogens is 368 g/mol. The van der Waals surface area contributed by atoms with E-state index in [-0.39, 0.29) is 12.6 Å². The first kappa shape index (κ1) is 18.6. The van der Waals surface area contributed by atoms with Crippen LogP contribution in [-0.4, -0.2) is 15.9 Å². The highest BCUT2D eigenvalue weighted by Gasteiger charge is 2.21. The number of ether oxygens (including phenoxy) is 1. The van der Waals surface area contributed by atoms with Gasteiger partial charge in [-0.05, 0) is 36.6 Å². The number of nitrogens with zero attached hydrogens (tertiary/aromatic N) is 2. The Kier molecular flexibility index (Phi) is 5.35. The highest BCUT2D eigenvalue weighted by molar-refractivity contribution is 7.18. The summed E-state index contributed by atoms with van der Waals surface area (Å²) in [6, 6.07) is 15.7. The Morgan fingerprint density at radius 2 is 1.75 bits per heavy atom. The fraction of sp³-hybridized carbons (Fsp3) is 0.261. The summed E-state index contributed by atoms with van der Waals surface area (Å²) in [4.78, 5) is 22.5. The molecule has 0 radical (unpaired) electrons. The lowest BCUT2D eigenvalue weighted by molar-refractivity contribution is 0.0473. The maximum Gasteiger partial charge on any atom is 0.339 e. The minimum Gasteiger partial charge on any atom is -0.455 e. The van der Waals surface area contributed by atoms with Crippen LogP contribution >= 0.6 is 11.3 Å². The van der Waals surface area contributed by atoms with E-state index in [1.54, 1.807) is 11.3 Å². The average molecular weight is 391 g/mol. The minimum atomic E-state index is -0.299. The van der Waals surface area contributed by atoms with Gasteiger partial charge in [0, 0.05) is 11.1 Å². The second-order valence-electron chi connectivity index (χ2n) is 6.68. The van der Waals surface area contributed by atoms with Crippen LogP contribution in [0.4, 0.5) is 0 Å². The van der Waals surface area contributed by atoms with E-state index < -0.39 is 0 Å². The Balaban J connectivity index is 1.69. The largest absolute Gasteiger partial charge is 0.455 e. The molecule has 0 N–H and O–H groups in total. The van der Waals surface area contributed by atoms with Crippen molar-refractivity contribution in [1.82, 2.24) is 9.97 Å². The molecule has 0 spiro atoms. The number of rotatable bonds is 6. The summed E-state index contributed by atoms with van der Waals surface area (Å²) in [5.74, 6) is -0.299. The van der Waals surface area contributed by atoms with Crippen LogP contribution in [0.15, 0.2) is 48.5 Å². The van der Waals surface area contributed by atoms with Gasteiger partial charge in [-0.2, -0.15) is 0 Å². The standard InChI is InChI=1S/C23H22N2O2S/c1-3-9-17-15(4-2)22(16-10-5-6-11-18(16)24-17)23(26)27-14-21-25-19-12-7-8-13-20(19)28-21/h5-8,10-13H,3-4,9,14H2,1-2H3. The minimum absolute atomic E-state index is 0.182. The monoisotopic (exact) mass is 390 g/mol. The maximum absolute atomic E-state index is 13.1. The molecule has 5 heteroatoms. The number of esters is 1. The van der Waals surface area contributed by atoms with Crippen LogP contribution in [0.2, 0.25) is 0 Å². The molecule has 4 rings (SSSR count). The molecular formula is C23H22N2O2S. The number of hydrogen-bond donors (Lipinski definition) is 0. The number of carbonyl (C=O) groups is 1. The van der Waals surface area contributed by atoms with Crippen molar-refractivity contribution in [2.45, 2.75) is 39.7 Å². The van der Waals surface area contributed by atoms with Gasteiger partial charge in [-0.1, -0.05) is 50.6 Å². The summed E-state index contributed by atoms with van der Waals surface area (Å²) in [5.41, 5.74) is 4.42. The Morgan fingerprint density at radius 1 is 1.00 bits per heavy atom. The van der Waals surface area contributed by atoms with E-state index in [9.17, 15) is 4.79 Å². The zero-order valence-electron chi connectivity index (χ0n) is 16.1. The highest BCUT2D eigenvalue weighted by atomic mass is 32.1. The quantitative estimate of drug-likeness (QED) is 0.395. The first-order valence-corrected chi connectivity index (χ1v) is 10.4. The number of fused-ring (bicyclic) bond motifs is 2. The van der Waals surface area contributed by atoms with Gasteiger partial charge >= 0.3 is 5.97 Å². The molecule has 0 unspecified atom stereocenters. The number of benzene rings is 2. The SMILES string of the molecule is CCCc1nc2ccccc2c(C(=O)OCc2nc3ccccc3s2)c1CC. The van der Waals surface area contributed by atoms with Crippen LogP contribution in [0.3, 0.4) is 0 Å². The number of carbonyl (C=O) groups excluding carboxylic acids is 1. The molecule has 4 nitrogen and oxygen atoms in total. The number of hydrogen-bond acceptors (Lipinski definition) is 5. The Bertz CT molecular complexity index is 1120. The predicted octanol–water partition coefficient (Wildman–Crippen LogP) is 5.72. The van der Waals surface area contributed by atoms with Gasteiger partial charge in [0.25, 0.3) is 0 Å². The Morgan fingerprint density at radius 3 is 2.50 bits per heavy atom. The van der Waals surface area contributed by atoms with Crippen LogP contribution in [0.5, 0.6) is 0 Å². The molecule has 2 heterocycles. The van der Waals surface area contributed by atoms with Gasteiger partial charge < -0.3 is 4.74 Å². The molecule has 0 amide bonds. The molecule has 0 aliphatic heterocycles. The molecule has 0 saturated heterocycles. The van der Waals surface area contributed by atoms with E-state index in [1.807, 2.05) is 48.5 Å². The van der Waals surface area contributed by atoms with Gasteiger partial charge in [0.1, 0.15) is 11.6 Å². The van der Waals surface area contributed by atoms with E-state index in [0.717, 1.165) is 56.6 Å². The maximum atomic E-state index is 13.1. The summed E-state index contributed by atoms with van der Waals surface area (Å²) in [7, 11) is 0. The fourth-order valence-corrected chi connectivity index (χ4v) is 4.42. The molecule has 0 atom stereocenters. The summed E-state index contributed by atoms with van der Waals surface area (Å²) >= 11 is 1.56. The molecule has 2 aromatic carbocycles. The van der Waals surface area contributed by atoms with Crippen LogP contribution in [0, 0.1) is 0 Å². The topological polar surface area (TPSA) is 52.1 Å². The summed E-state index contributed by atoms with van der Waals surface area (Å²) in [5, 5.41) is 1.66. The summed E-state index contributed by atoms with van der Waals surface area (Å²) in [6.07, 6.45) is 2.59. The zero-order valence-corrected chi connectivity index (χ0v) is 16.9. The third kappa shape index (κ3) is 3.50. The highest BCUT2D eigenvalue weighted by Crippen LogP contribution is 2.27. The number of aryl methyl sites for hydroxylation is 1. The van der Waals surface area contributed by atoms with E-state index in [2.05, 4.69) is 18.8 Å². The lowest BCUT2D eigenvalue weighted by Gasteiger charge is -2.15. The van der Waals surface area contributed by atoms with Crippen molar-refractivity contribution in [3.8, 4) is 0 Å². The normalized spacial score (nSPS) is 11.2. The van der Waals surface area contributed by atoms with E-state index in [1.165, 1.54) is 0 Å². The van der Waals surface area contributed by atoms with Gasteiger partial charge in [-0.25, -0.2) is 9.78 Å². The fourth-order valence-electron chi connectivity index (χ4n) is 3.54. The molecule has 0 fully saturated rings. The molecule has 142 valence electrons. The van der Waals surface area contributed by atoms with Crippen LogP contribution < -0.4 is 0 Å². The molecule has 0 bridgehead atoms. The third-order valence-electron chi connectivity index (χ3n) is 4.79. The van der Waals surface area contributed by atoms with Crippen molar-refractivity contribution in [3.05, 3.63) is 70.4 Å². The van der Waals surface area contributed by atoms with Crippen molar-refractivity contribution in [2.24, 2.45) is 0 Å². The van der Waals surface area contributed by atoms with Gasteiger partial charge in [-0.15, -0.1) is 11.3 Å². The lowest BCUT2D eigenvalue weighted by atomic mass is 9.96. The smallest absolute Gasteiger partial charge is 0.339 e. The first-order valence-electron chi connectivity index (χ1n) is 9.63. The molecule has 2 aromatic heterocycles. The molecule has 0 saturated carbocycles. The van der Waals surface area contributed by atoms with Crippen LogP contribution in [0.25, 0.3) is 21.1 Å². The zero-order chi connectivity index (χ0) is 19.5. The Hall–Kier alpha value is -2.79. The second kappa shape index (κ2) is 8.07. The van der Waals surface area contributed by atoms with Crippen molar-refractivity contribution < 1.29 is 9.53 Å².